The number of aryl methyl sites for hydroxylation is 1. The van der Waals surface area contributed by atoms with Crippen LogP contribution in [0, 0.1) is 0 Å². The molecule has 2 aromatic carbocycles. The molecule has 0 saturated heterocycles. The molecule has 1 aliphatic carbocycles. The molecule has 0 fully saturated rings. The van der Waals surface area contributed by atoms with Gasteiger partial charge in [-0.3, -0.25) is 14.2 Å². The summed E-state index contributed by atoms with van der Waals surface area (Å²) < 4.78 is 3.64. The fourth-order valence-corrected chi connectivity index (χ4v) is 5.55. The molecule has 6 aromatic rings. The number of nitrogens with two attached hydrogens (primary N) is 2. The number of carbonyl (C=O) groups is 2. The number of benzene rings is 2. The number of phenols is 1. The summed E-state index contributed by atoms with van der Waals surface area (Å²) in [5, 5.41) is 17.2. The Labute approximate surface area is 244 Å². The van der Waals surface area contributed by atoms with Crippen molar-refractivity contribution in [3.05, 3.63) is 102 Å². The van der Waals surface area contributed by atoms with Crippen LogP contribution in [0.25, 0.3) is 34.1 Å². The monoisotopic (exact) mass is 571 g/mol. The molecule has 4 aromatic heterocycles. The zero-order valence-electron chi connectivity index (χ0n) is 22.7. The number of nitrogens with zero attached hydrogens (tertiary/aromatic N) is 6. The smallest absolute Gasteiger partial charge is 0.253 e. The molecule has 7 rings (SSSR count). The minimum absolute atomic E-state index is 0.00208. The van der Waals surface area contributed by atoms with Crippen LogP contribution in [-0.4, -0.2) is 46.6 Å². The van der Waals surface area contributed by atoms with Crippen molar-refractivity contribution in [2.75, 3.05) is 11.5 Å². The standard InChI is InChI=1S/C31H25N9O3/c32-23-15-26(42)18(16-41)14-22(23)31(43)37-24-7-4-17-13-19(5-6-20(17)24)40-29(21-3-1-10-34-28(21)33)36-25-8-9-27(38-30(25)40)39-12-2-11-35-39/h1-3,5-6,8-16,24,42H,4,7,32H2,(H2,33,34)(H,37,43)/t24-/m0/s1. The number of anilines is 2. The minimum atomic E-state index is -0.423. The number of aldehydes is 1. The number of imidazole rings is 1. The lowest BCUT2D eigenvalue weighted by atomic mass is 10.0. The van der Waals surface area contributed by atoms with Crippen LogP contribution in [0.5, 0.6) is 5.75 Å². The summed E-state index contributed by atoms with van der Waals surface area (Å²) >= 11 is 0. The molecule has 0 saturated carbocycles. The van der Waals surface area contributed by atoms with Crippen molar-refractivity contribution in [3.63, 3.8) is 0 Å². The van der Waals surface area contributed by atoms with Crippen LogP contribution in [0.3, 0.4) is 0 Å². The van der Waals surface area contributed by atoms with Gasteiger partial charge in [0.25, 0.3) is 5.91 Å². The van der Waals surface area contributed by atoms with E-state index in [0.717, 1.165) is 23.2 Å². The Morgan fingerprint density at radius 2 is 1.93 bits per heavy atom. The molecule has 1 amide bonds. The number of amides is 1. The molecule has 0 radical (unpaired) electrons. The van der Waals surface area contributed by atoms with Crippen LogP contribution in [-0.2, 0) is 6.42 Å². The summed E-state index contributed by atoms with van der Waals surface area (Å²) in [6.45, 7) is 0. The van der Waals surface area contributed by atoms with Crippen LogP contribution in [0.1, 0.15) is 44.3 Å². The normalized spacial score (nSPS) is 14.1. The van der Waals surface area contributed by atoms with Crippen LogP contribution in [0.2, 0.25) is 0 Å². The van der Waals surface area contributed by atoms with E-state index in [0.29, 0.717) is 46.9 Å². The van der Waals surface area contributed by atoms with Crippen LogP contribution >= 0.6 is 0 Å². The number of nitrogens with one attached hydrogen (secondary N) is 1. The number of phenolic OH excluding ortho intramolecular Hbond substituents is 1. The average molecular weight is 572 g/mol. The van der Waals surface area contributed by atoms with E-state index in [1.807, 2.05) is 53.2 Å². The van der Waals surface area contributed by atoms with Gasteiger partial charge in [-0.1, -0.05) is 6.07 Å². The molecule has 0 bridgehead atoms. The van der Waals surface area contributed by atoms with Crippen molar-refractivity contribution in [2.45, 2.75) is 18.9 Å². The lowest BCUT2D eigenvalue weighted by molar-refractivity contribution is 0.0937. The summed E-state index contributed by atoms with van der Waals surface area (Å²) in [6, 6.07) is 17.5. The molecule has 6 N–H and O–H groups in total. The zero-order valence-corrected chi connectivity index (χ0v) is 22.7. The highest BCUT2D eigenvalue weighted by Crippen LogP contribution is 2.36. The predicted octanol–water partition coefficient (Wildman–Crippen LogP) is 3.77. The van der Waals surface area contributed by atoms with E-state index in [2.05, 4.69) is 21.5 Å². The van der Waals surface area contributed by atoms with E-state index in [9.17, 15) is 14.7 Å². The maximum absolute atomic E-state index is 13.1. The van der Waals surface area contributed by atoms with E-state index in [-0.39, 0.29) is 28.6 Å². The van der Waals surface area contributed by atoms with E-state index in [1.54, 1.807) is 17.1 Å². The lowest BCUT2D eigenvalue weighted by Gasteiger charge is -2.17. The maximum Gasteiger partial charge on any atom is 0.253 e. The second-order valence-corrected chi connectivity index (χ2v) is 10.2. The number of aromatic hydroxyl groups is 1. The summed E-state index contributed by atoms with van der Waals surface area (Å²) in [5.41, 5.74) is 17.3. The number of hydrogen-bond donors (Lipinski definition) is 4. The number of hydrogen-bond acceptors (Lipinski definition) is 9. The Hall–Kier alpha value is -6.04. The van der Waals surface area contributed by atoms with Crippen molar-refractivity contribution in [2.24, 2.45) is 0 Å². The van der Waals surface area contributed by atoms with Crippen molar-refractivity contribution >= 4 is 34.9 Å². The Kier molecular flexibility index (Phi) is 6.08. The zero-order chi connectivity index (χ0) is 29.7. The molecule has 12 heteroatoms. The van der Waals surface area contributed by atoms with Gasteiger partial charge in [-0.15, -0.1) is 0 Å². The van der Waals surface area contributed by atoms with Crippen molar-refractivity contribution in [1.29, 1.82) is 0 Å². The van der Waals surface area contributed by atoms with E-state index in [4.69, 9.17) is 21.4 Å². The van der Waals surface area contributed by atoms with Gasteiger partial charge in [0, 0.05) is 36.0 Å². The highest BCUT2D eigenvalue weighted by molar-refractivity contribution is 6.01. The maximum atomic E-state index is 13.1. The Morgan fingerprint density at radius 3 is 2.72 bits per heavy atom. The van der Waals surface area contributed by atoms with Crippen LogP contribution in [0.4, 0.5) is 11.5 Å². The number of fused-ring (bicyclic) bond motifs is 2. The molecular weight excluding hydrogens is 546 g/mol. The molecule has 0 unspecified atom stereocenters. The summed E-state index contributed by atoms with van der Waals surface area (Å²) in [4.78, 5) is 38.5. The fourth-order valence-electron chi connectivity index (χ4n) is 5.55. The van der Waals surface area contributed by atoms with Gasteiger partial charge in [-0.05, 0) is 72.5 Å². The number of nitrogen functional groups attached to an aromatic ring is 2. The third-order valence-electron chi connectivity index (χ3n) is 7.65. The summed E-state index contributed by atoms with van der Waals surface area (Å²) in [7, 11) is 0. The van der Waals surface area contributed by atoms with Gasteiger partial charge in [0.15, 0.2) is 23.6 Å². The molecular formula is C31H25N9O3. The van der Waals surface area contributed by atoms with E-state index >= 15 is 0 Å². The van der Waals surface area contributed by atoms with Gasteiger partial charge in [-0.25, -0.2) is 19.6 Å². The number of carbonyl (C=O) groups excluding carboxylic acids is 2. The quantitative estimate of drug-likeness (QED) is 0.171. The van der Waals surface area contributed by atoms with Crippen LogP contribution < -0.4 is 16.8 Å². The van der Waals surface area contributed by atoms with Gasteiger partial charge < -0.3 is 21.9 Å². The van der Waals surface area contributed by atoms with E-state index < -0.39 is 5.91 Å². The molecule has 43 heavy (non-hydrogen) atoms. The number of pyridine rings is 2. The molecule has 0 aliphatic heterocycles. The second kappa shape index (κ2) is 10.1. The van der Waals surface area contributed by atoms with E-state index in [1.165, 1.54) is 12.1 Å². The first kappa shape index (κ1) is 25.9. The molecule has 12 nitrogen and oxygen atoms in total. The summed E-state index contributed by atoms with van der Waals surface area (Å²) in [6.07, 6.45) is 7.04. The van der Waals surface area contributed by atoms with Gasteiger partial charge >= 0.3 is 0 Å². The van der Waals surface area contributed by atoms with Gasteiger partial charge in [-0.2, -0.15) is 5.10 Å². The minimum Gasteiger partial charge on any atom is -0.507 e. The van der Waals surface area contributed by atoms with Gasteiger partial charge in [0.1, 0.15) is 17.1 Å². The first-order valence-electron chi connectivity index (χ1n) is 13.5. The van der Waals surface area contributed by atoms with Gasteiger partial charge in [0.05, 0.1) is 22.7 Å². The third-order valence-corrected chi connectivity index (χ3v) is 7.65. The molecule has 1 aliphatic rings. The average Bonchev–Trinajstić information content (AvgIpc) is 3.76. The number of aromatic nitrogens is 6. The highest BCUT2D eigenvalue weighted by Gasteiger charge is 2.27. The predicted molar refractivity (Wildman–Crippen MR) is 160 cm³/mol. The highest BCUT2D eigenvalue weighted by atomic mass is 16.3. The Morgan fingerprint density at radius 1 is 1.05 bits per heavy atom. The second-order valence-electron chi connectivity index (χ2n) is 10.2. The molecule has 0 spiro atoms. The number of rotatable bonds is 6. The largest absolute Gasteiger partial charge is 0.507 e. The molecule has 1 atom stereocenters. The topological polar surface area (TPSA) is 180 Å². The van der Waals surface area contributed by atoms with Crippen molar-refractivity contribution < 1.29 is 14.7 Å². The first-order chi connectivity index (χ1) is 20.9. The lowest BCUT2D eigenvalue weighted by Crippen LogP contribution is -2.28. The Bertz CT molecular complexity index is 2050. The summed E-state index contributed by atoms with van der Waals surface area (Å²) in [5.74, 6) is 0.893. The molecule has 212 valence electrons. The Balaban J connectivity index is 1.29. The van der Waals surface area contributed by atoms with Gasteiger partial charge in [0.2, 0.25) is 0 Å². The van der Waals surface area contributed by atoms with Crippen molar-refractivity contribution in [1.82, 2.24) is 34.6 Å². The fraction of sp³-hybridized carbons (Fsp3) is 0.0968. The van der Waals surface area contributed by atoms with Crippen LogP contribution in [0.15, 0.2) is 79.3 Å². The first-order valence-corrected chi connectivity index (χ1v) is 13.5. The van der Waals surface area contributed by atoms with Crippen molar-refractivity contribution in [3.8, 4) is 28.6 Å². The molecule has 4 heterocycles. The SMILES string of the molecule is Nc1cc(O)c(C=O)cc1C(=O)N[C@H]1CCc2cc(-n3c(-c4cccnc4N)nc4ccc(-n5cccn5)nc43)ccc21. The third kappa shape index (κ3) is 4.41.